The molecular formula is C15H24N2O. The molecule has 0 spiro atoms. The summed E-state index contributed by atoms with van der Waals surface area (Å²) in [5.74, 6) is 0.693. The third kappa shape index (κ3) is 3.31. The third-order valence-corrected chi connectivity index (χ3v) is 3.74. The van der Waals surface area contributed by atoms with Gasteiger partial charge in [-0.3, -0.25) is 4.90 Å². The molecule has 1 aliphatic rings. The number of nitrogens with one attached hydrogen (secondary N) is 1. The van der Waals surface area contributed by atoms with Crippen LogP contribution < -0.4 is 5.32 Å². The lowest BCUT2D eigenvalue weighted by molar-refractivity contribution is 0.146. The summed E-state index contributed by atoms with van der Waals surface area (Å²) in [5, 5.41) is 3.32. The van der Waals surface area contributed by atoms with E-state index in [1.54, 1.807) is 7.11 Å². The molecule has 1 N–H and O–H groups in total. The van der Waals surface area contributed by atoms with Crippen molar-refractivity contribution in [3.8, 4) is 0 Å². The maximum Gasteiger partial charge on any atom is 0.0503 e. The smallest absolute Gasteiger partial charge is 0.0503 e. The molecule has 1 heterocycles. The van der Waals surface area contributed by atoms with Gasteiger partial charge < -0.3 is 10.1 Å². The fourth-order valence-corrected chi connectivity index (χ4v) is 2.84. The third-order valence-electron chi connectivity index (χ3n) is 3.74. The van der Waals surface area contributed by atoms with Crippen molar-refractivity contribution < 1.29 is 4.74 Å². The minimum absolute atomic E-state index is 0.484. The van der Waals surface area contributed by atoms with E-state index in [1.165, 1.54) is 18.5 Å². The minimum atomic E-state index is 0.484. The molecule has 0 amide bonds. The van der Waals surface area contributed by atoms with Crippen molar-refractivity contribution in [2.75, 3.05) is 40.4 Å². The Morgan fingerprint density at radius 1 is 1.39 bits per heavy atom. The maximum absolute atomic E-state index is 5.28. The van der Waals surface area contributed by atoms with Gasteiger partial charge in [0.15, 0.2) is 0 Å². The minimum Gasteiger partial charge on any atom is -0.384 e. The summed E-state index contributed by atoms with van der Waals surface area (Å²) < 4.78 is 5.28. The van der Waals surface area contributed by atoms with Crippen LogP contribution in [0.15, 0.2) is 30.3 Å². The van der Waals surface area contributed by atoms with E-state index in [1.807, 2.05) is 7.05 Å². The first-order valence-corrected chi connectivity index (χ1v) is 6.77. The summed E-state index contributed by atoms with van der Waals surface area (Å²) >= 11 is 0. The maximum atomic E-state index is 5.28. The number of ether oxygens (including phenoxy) is 1. The number of benzene rings is 1. The molecule has 100 valence electrons. The van der Waals surface area contributed by atoms with Gasteiger partial charge in [0.05, 0.1) is 6.61 Å². The van der Waals surface area contributed by atoms with Gasteiger partial charge in [-0.15, -0.1) is 0 Å². The van der Waals surface area contributed by atoms with Gasteiger partial charge in [-0.05, 0) is 31.5 Å². The number of hydrogen-bond donors (Lipinski definition) is 1. The Morgan fingerprint density at radius 2 is 2.17 bits per heavy atom. The number of rotatable bonds is 6. The zero-order valence-corrected chi connectivity index (χ0v) is 11.4. The second-order valence-corrected chi connectivity index (χ2v) is 5.09. The van der Waals surface area contributed by atoms with Crippen molar-refractivity contribution in [3.05, 3.63) is 35.9 Å². The molecule has 1 aromatic carbocycles. The highest BCUT2D eigenvalue weighted by atomic mass is 16.5. The Kier molecular flexibility index (Phi) is 5.17. The van der Waals surface area contributed by atoms with E-state index in [2.05, 4.69) is 40.5 Å². The van der Waals surface area contributed by atoms with Crippen LogP contribution in [0, 0.1) is 5.92 Å². The van der Waals surface area contributed by atoms with Crippen LogP contribution in [0.1, 0.15) is 18.0 Å². The van der Waals surface area contributed by atoms with Gasteiger partial charge in [0.2, 0.25) is 0 Å². The molecule has 0 saturated carbocycles. The molecule has 0 aromatic heterocycles. The number of likely N-dealkylation sites (N-methyl/N-ethyl adjacent to an activating group) is 1. The van der Waals surface area contributed by atoms with Crippen molar-refractivity contribution in [1.82, 2.24) is 10.2 Å². The Morgan fingerprint density at radius 3 is 2.83 bits per heavy atom. The van der Waals surface area contributed by atoms with Gasteiger partial charge in [0, 0.05) is 26.2 Å². The Bertz CT molecular complexity index is 342. The molecule has 3 nitrogen and oxygen atoms in total. The summed E-state index contributed by atoms with van der Waals surface area (Å²) in [4.78, 5) is 2.58. The predicted molar refractivity (Wildman–Crippen MR) is 74.7 cm³/mol. The second-order valence-electron chi connectivity index (χ2n) is 5.09. The van der Waals surface area contributed by atoms with Gasteiger partial charge in [0.1, 0.15) is 0 Å². The van der Waals surface area contributed by atoms with E-state index in [0.717, 1.165) is 19.7 Å². The van der Waals surface area contributed by atoms with Gasteiger partial charge in [-0.25, -0.2) is 0 Å². The lowest BCUT2D eigenvalue weighted by Crippen LogP contribution is -2.33. The van der Waals surface area contributed by atoms with E-state index >= 15 is 0 Å². The standard InChI is InChI=1S/C15H24N2O/c1-16-10-15(14-6-4-3-5-7-14)17-9-8-13(11-17)12-18-2/h3-7,13,15-16H,8-12H2,1-2H3. The van der Waals surface area contributed by atoms with Gasteiger partial charge >= 0.3 is 0 Å². The molecule has 1 saturated heterocycles. The van der Waals surface area contributed by atoms with Crippen LogP contribution in [-0.4, -0.2) is 45.3 Å². The lowest BCUT2D eigenvalue weighted by Gasteiger charge is -2.28. The first-order valence-electron chi connectivity index (χ1n) is 6.77. The molecule has 2 atom stereocenters. The molecular weight excluding hydrogens is 224 g/mol. The van der Waals surface area contributed by atoms with Crippen LogP contribution in [-0.2, 0) is 4.74 Å². The summed E-state index contributed by atoms with van der Waals surface area (Å²) in [6.45, 7) is 4.21. The van der Waals surface area contributed by atoms with Gasteiger partial charge in [-0.2, -0.15) is 0 Å². The van der Waals surface area contributed by atoms with Crippen LogP contribution in [0.25, 0.3) is 0 Å². The highest BCUT2D eigenvalue weighted by molar-refractivity contribution is 5.19. The highest BCUT2D eigenvalue weighted by Crippen LogP contribution is 2.27. The summed E-state index contributed by atoms with van der Waals surface area (Å²) in [7, 11) is 3.82. The Hall–Kier alpha value is -0.900. The van der Waals surface area contributed by atoms with E-state index < -0.39 is 0 Å². The fraction of sp³-hybridized carbons (Fsp3) is 0.600. The topological polar surface area (TPSA) is 24.5 Å². The van der Waals surface area contributed by atoms with Crippen LogP contribution in [0.3, 0.4) is 0 Å². The lowest BCUT2D eigenvalue weighted by atomic mass is 10.1. The van der Waals surface area contributed by atoms with Gasteiger partial charge in [-0.1, -0.05) is 30.3 Å². The molecule has 1 fully saturated rings. The monoisotopic (exact) mass is 248 g/mol. The highest BCUT2D eigenvalue weighted by Gasteiger charge is 2.28. The van der Waals surface area contributed by atoms with Crippen molar-refractivity contribution >= 4 is 0 Å². The van der Waals surface area contributed by atoms with Crippen molar-refractivity contribution in [3.63, 3.8) is 0 Å². The molecule has 18 heavy (non-hydrogen) atoms. The SMILES string of the molecule is CNCC(c1ccccc1)N1CCC(COC)C1. The quantitative estimate of drug-likeness (QED) is 0.832. The van der Waals surface area contributed by atoms with Crippen LogP contribution in [0.5, 0.6) is 0 Å². The second kappa shape index (κ2) is 6.88. The number of methoxy groups -OCH3 is 1. The molecule has 0 aliphatic carbocycles. The van der Waals surface area contributed by atoms with Crippen LogP contribution in [0.2, 0.25) is 0 Å². The summed E-state index contributed by atoms with van der Waals surface area (Å²) in [6, 6.07) is 11.3. The molecule has 1 aromatic rings. The fourth-order valence-electron chi connectivity index (χ4n) is 2.84. The Balaban J connectivity index is 2.03. The van der Waals surface area contributed by atoms with Crippen LogP contribution >= 0.6 is 0 Å². The first kappa shape index (κ1) is 13.5. The molecule has 3 heteroatoms. The average Bonchev–Trinajstić information content (AvgIpc) is 2.86. The van der Waals surface area contributed by atoms with E-state index in [0.29, 0.717) is 12.0 Å². The van der Waals surface area contributed by atoms with Crippen molar-refractivity contribution in [1.29, 1.82) is 0 Å². The molecule has 0 radical (unpaired) electrons. The van der Waals surface area contributed by atoms with Crippen molar-refractivity contribution in [2.24, 2.45) is 5.92 Å². The average molecular weight is 248 g/mol. The number of nitrogens with zero attached hydrogens (tertiary/aromatic N) is 1. The first-order chi connectivity index (χ1) is 8.85. The van der Waals surface area contributed by atoms with Crippen molar-refractivity contribution in [2.45, 2.75) is 12.5 Å². The van der Waals surface area contributed by atoms with E-state index in [4.69, 9.17) is 4.74 Å². The molecule has 0 bridgehead atoms. The predicted octanol–water partition coefficient (Wildman–Crippen LogP) is 1.92. The summed E-state index contributed by atoms with van der Waals surface area (Å²) in [5.41, 5.74) is 1.41. The van der Waals surface area contributed by atoms with Crippen LogP contribution in [0.4, 0.5) is 0 Å². The molecule has 2 rings (SSSR count). The Labute approximate surface area is 110 Å². The number of likely N-dealkylation sites (tertiary alicyclic amines) is 1. The zero-order chi connectivity index (χ0) is 12.8. The largest absolute Gasteiger partial charge is 0.384 e. The molecule has 2 unspecified atom stereocenters. The summed E-state index contributed by atoms with van der Waals surface area (Å²) in [6.07, 6.45) is 1.25. The zero-order valence-electron chi connectivity index (χ0n) is 11.4. The number of hydrogen-bond acceptors (Lipinski definition) is 3. The van der Waals surface area contributed by atoms with E-state index in [-0.39, 0.29) is 0 Å². The van der Waals surface area contributed by atoms with Gasteiger partial charge in [0.25, 0.3) is 0 Å². The molecule has 1 aliphatic heterocycles. The van der Waals surface area contributed by atoms with E-state index in [9.17, 15) is 0 Å². The normalized spacial score (nSPS) is 22.2.